The van der Waals surface area contributed by atoms with Gasteiger partial charge in [0.1, 0.15) is 5.75 Å². The molecular weight excluding hydrogens is 242 g/mol. The Hall–Kier alpha value is -1.88. The van der Waals surface area contributed by atoms with Crippen LogP contribution >= 0.6 is 0 Å². The molecular formula is C14H19N3O2. The molecule has 1 aromatic heterocycles. The molecule has 1 N–H and O–H groups in total. The van der Waals surface area contributed by atoms with Crippen LogP contribution in [0.1, 0.15) is 26.2 Å². The summed E-state index contributed by atoms with van der Waals surface area (Å²) in [7, 11) is 1.64. The highest BCUT2D eigenvalue weighted by Gasteiger charge is 2.09. The first kappa shape index (κ1) is 13.5. The maximum Gasteiger partial charge on any atom is 0.247 e. The van der Waals surface area contributed by atoms with E-state index in [2.05, 4.69) is 29.4 Å². The first-order valence-corrected chi connectivity index (χ1v) is 6.43. The van der Waals surface area contributed by atoms with E-state index in [0.29, 0.717) is 24.4 Å². The number of rotatable bonds is 6. The smallest absolute Gasteiger partial charge is 0.247 e. The highest BCUT2D eigenvalue weighted by molar-refractivity contribution is 5.53. The van der Waals surface area contributed by atoms with Gasteiger partial charge in [0.2, 0.25) is 11.8 Å². The zero-order valence-electron chi connectivity index (χ0n) is 11.5. The van der Waals surface area contributed by atoms with Crippen molar-refractivity contribution in [1.29, 1.82) is 0 Å². The van der Waals surface area contributed by atoms with Gasteiger partial charge >= 0.3 is 0 Å². The zero-order chi connectivity index (χ0) is 13.7. The molecule has 0 saturated carbocycles. The molecule has 1 unspecified atom stereocenters. The van der Waals surface area contributed by atoms with E-state index in [-0.39, 0.29) is 0 Å². The fourth-order valence-corrected chi connectivity index (χ4v) is 1.58. The molecule has 0 aliphatic carbocycles. The third kappa shape index (κ3) is 3.54. The molecule has 0 fully saturated rings. The molecule has 0 radical (unpaired) electrons. The second kappa shape index (κ2) is 6.33. The van der Waals surface area contributed by atoms with Gasteiger partial charge in [0.05, 0.1) is 13.7 Å². The quantitative estimate of drug-likeness (QED) is 0.866. The minimum Gasteiger partial charge on any atom is -0.497 e. The topological polar surface area (TPSA) is 60.2 Å². The van der Waals surface area contributed by atoms with Crippen LogP contribution in [0.5, 0.6) is 5.75 Å². The maximum absolute atomic E-state index is 5.61. The number of ether oxygens (including phenoxy) is 1. The van der Waals surface area contributed by atoms with Crippen LogP contribution in [0.3, 0.4) is 0 Å². The van der Waals surface area contributed by atoms with Crippen molar-refractivity contribution in [1.82, 2.24) is 15.5 Å². The lowest BCUT2D eigenvalue weighted by molar-refractivity contribution is 0.414. The van der Waals surface area contributed by atoms with Crippen molar-refractivity contribution in [2.24, 2.45) is 0 Å². The van der Waals surface area contributed by atoms with E-state index < -0.39 is 0 Å². The molecule has 1 aromatic carbocycles. The monoisotopic (exact) mass is 261 g/mol. The van der Waals surface area contributed by atoms with Gasteiger partial charge in [0, 0.05) is 11.6 Å². The highest BCUT2D eigenvalue weighted by Crippen LogP contribution is 2.21. The van der Waals surface area contributed by atoms with Gasteiger partial charge in [-0.3, -0.25) is 0 Å². The number of hydrogen-bond acceptors (Lipinski definition) is 5. The van der Waals surface area contributed by atoms with E-state index in [4.69, 9.17) is 9.15 Å². The van der Waals surface area contributed by atoms with Gasteiger partial charge in [-0.1, -0.05) is 6.92 Å². The van der Waals surface area contributed by atoms with Crippen molar-refractivity contribution in [3.05, 3.63) is 30.2 Å². The summed E-state index contributed by atoms with van der Waals surface area (Å²) in [6, 6.07) is 7.99. The van der Waals surface area contributed by atoms with Crippen molar-refractivity contribution in [2.45, 2.75) is 32.9 Å². The van der Waals surface area contributed by atoms with Crippen molar-refractivity contribution < 1.29 is 9.15 Å². The van der Waals surface area contributed by atoms with Gasteiger partial charge in [0.25, 0.3) is 0 Å². The molecule has 102 valence electrons. The largest absolute Gasteiger partial charge is 0.497 e. The summed E-state index contributed by atoms with van der Waals surface area (Å²) >= 11 is 0. The van der Waals surface area contributed by atoms with Crippen LogP contribution in [0, 0.1) is 0 Å². The summed E-state index contributed by atoms with van der Waals surface area (Å²) in [6.07, 6.45) is 1.07. The Kier molecular flexibility index (Phi) is 4.52. The van der Waals surface area contributed by atoms with Gasteiger partial charge in [-0.05, 0) is 37.6 Å². The Morgan fingerprint density at radius 3 is 2.63 bits per heavy atom. The SMILES string of the molecule is CCC(C)NCc1nnc(-c2ccc(OC)cc2)o1. The second-order valence-electron chi connectivity index (χ2n) is 4.42. The predicted molar refractivity (Wildman–Crippen MR) is 72.9 cm³/mol. The van der Waals surface area contributed by atoms with Crippen LogP contribution in [-0.4, -0.2) is 23.3 Å². The summed E-state index contributed by atoms with van der Waals surface area (Å²) in [5.41, 5.74) is 0.892. The van der Waals surface area contributed by atoms with Crippen LogP contribution < -0.4 is 10.1 Å². The Morgan fingerprint density at radius 2 is 2.00 bits per heavy atom. The molecule has 0 saturated heterocycles. The number of aromatic nitrogens is 2. The van der Waals surface area contributed by atoms with Gasteiger partial charge in [-0.25, -0.2) is 0 Å². The van der Waals surface area contributed by atoms with Crippen LogP contribution in [0.2, 0.25) is 0 Å². The molecule has 1 atom stereocenters. The van der Waals surface area contributed by atoms with Crippen molar-refractivity contribution in [2.75, 3.05) is 7.11 Å². The molecule has 0 bridgehead atoms. The number of benzene rings is 1. The Bertz CT molecular complexity index is 508. The number of methoxy groups -OCH3 is 1. The molecule has 5 nitrogen and oxygen atoms in total. The average Bonchev–Trinajstić information content (AvgIpc) is 2.93. The van der Waals surface area contributed by atoms with E-state index in [1.54, 1.807) is 7.11 Å². The maximum atomic E-state index is 5.61. The molecule has 2 rings (SSSR count). The average molecular weight is 261 g/mol. The summed E-state index contributed by atoms with van der Waals surface area (Å²) in [6.45, 7) is 4.85. The summed E-state index contributed by atoms with van der Waals surface area (Å²) in [5, 5.41) is 11.4. The van der Waals surface area contributed by atoms with Crippen LogP contribution in [0.15, 0.2) is 28.7 Å². The normalized spacial score (nSPS) is 12.4. The lowest BCUT2D eigenvalue weighted by Crippen LogP contribution is -2.24. The molecule has 0 amide bonds. The highest BCUT2D eigenvalue weighted by atomic mass is 16.5. The van der Waals surface area contributed by atoms with Crippen molar-refractivity contribution in [3.8, 4) is 17.2 Å². The Labute approximate surface area is 113 Å². The second-order valence-corrected chi connectivity index (χ2v) is 4.42. The molecule has 5 heteroatoms. The predicted octanol–water partition coefficient (Wildman–Crippen LogP) is 2.63. The number of nitrogens with zero attached hydrogens (tertiary/aromatic N) is 2. The summed E-state index contributed by atoms with van der Waals surface area (Å²) < 4.78 is 10.7. The first-order valence-electron chi connectivity index (χ1n) is 6.43. The van der Waals surface area contributed by atoms with Gasteiger partial charge < -0.3 is 14.5 Å². The van der Waals surface area contributed by atoms with Crippen molar-refractivity contribution >= 4 is 0 Å². The molecule has 19 heavy (non-hydrogen) atoms. The van der Waals surface area contributed by atoms with E-state index >= 15 is 0 Å². The molecule has 1 heterocycles. The number of nitrogens with one attached hydrogen (secondary N) is 1. The Balaban J connectivity index is 2.03. The van der Waals surface area contributed by atoms with Crippen LogP contribution in [-0.2, 0) is 6.54 Å². The van der Waals surface area contributed by atoms with E-state index in [0.717, 1.165) is 17.7 Å². The summed E-state index contributed by atoms with van der Waals surface area (Å²) in [5.74, 6) is 1.94. The van der Waals surface area contributed by atoms with Gasteiger partial charge in [-0.15, -0.1) is 10.2 Å². The van der Waals surface area contributed by atoms with E-state index in [1.807, 2.05) is 24.3 Å². The molecule has 0 spiro atoms. The standard InChI is InChI=1S/C14H19N3O2/c1-4-10(2)15-9-13-16-17-14(19-13)11-5-7-12(18-3)8-6-11/h5-8,10,15H,4,9H2,1-3H3. The van der Waals surface area contributed by atoms with E-state index in [9.17, 15) is 0 Å². The van der Waals surface area contributed by atoms with E-state index in [1.165, 1.54) is 0 Å². The van der Waals surface area contributed by atoms with Gasteiger partial charge in [0.15, 0.2) is 0 Å². The lowest BCUT2D eigenvalue weighted by atomic mass is 10.2. The third-order valence-corrected chi connectivity index (χ3v) is 3.02. The number of hydrogen-bond donors (Lipinski definition) is 1. The van der Waals surface area contributed by atoms with Crippen LogP contribution in [0.25, 0.3) is 11.5 Å². The zero-order valence-corrected chi connectivity index (χ0v) is 11.5. The minimum atomic E-state index is 0.441. The molecule has 0 aliphatic rings. The fraction of sp³-hybridized carbons (Fsp3) is 0.429. The lowest BCUT2D eigenvalue weighted by Gasteiger charge is -2.07. The van der Waals surface area contributed by atoms with Crippen molar-refractivity contribution in [3.63, 3.8) is 0 Å². The molecule has 2 aromatic rings. The Morgan fingerprint density at radius 1 is 1.26 bits per heavy atom. The third-order valence-electron chi connectivity index (χ3n) is 3.02. The minimum absolute atomic E-state index is 0.441. The van der Waals surface area contributed by atoms with Gasteiger partial charge in [-0.2, -0.15) is 0 Å². The summed E-state index contributed by atoms with van der Waals surface area (Å²) in [4.78, 5) is 0. The van der Waals surface area contributed by atoms with Crippen LogP contribution in [0.4, 0.5) is 0 Å². The first-order chi connectivity index (χ1) is 9.22. The molecule has 0 aliphatic heterocycles. The fourth-order valence-electron chi connectivity index (χ4n) is 1.58.